The van der Waals surface area contributed by atoms with Gasteiger partial charge in [0.25, 0.3) is 0 Å². The first kappa shape index (κ1) is 17.4. The van der Waals surface area contributed by atoms with E-state index in [4.69, 9.17) is 0 Å². The molecule has 1 aromatic carbocycles. The Morgan fingerprint density at radius 2 is 1.90 bits per heavy atom. The first-order valence-electron chi connectivity index (χ1n) is 7.25. The standard InChI is InChI=1S/C16H24F2N2O/c1-11(2)5-6-12(3)19-16(21)20(4)10-13-7-8-14(17)9-15(13)18/h7-9,11-12H,5-6,10H2,1-4H3,(H,19,21). The van der Waals surface area contributed by atoms with Crippen molar-refractivity contribution in [2.24, 2.45) is 5.92 Å². The van der Waals surface area contributed by atoms with Crippen molar-refractivity contribution >= 4 is 6.03 Å². The number of nitrogens with one attached hydrogen (secondary N) is 1. The van der Waals surface area contributed by atoms with E-state index < -0.39 is 11.6 Å². The second-order valence-electron chi connectivity index (χ2n) is 5.91. The molecule has 3 nitrogen and oxygen atoms in total. The van der Waals surface area contributed by atoms with Crippen LogP contribution < -0.4 is 5.32 Å². The van der Waals surface area contributed by atoms with Crippen molar-refractivity contribution in [1.82, 2.24) is 10.2 Å². The summed E-state index contributed by atoms with van der Waals surface area (Å²) in [5, 5.41) is 2.88. The second-order valence-corrected chi connectivity index (χ2v) is 5.91. The summed E-state index contributed by atoms with van der Waals surface area (Å²) in [6.45, 7) is 6.33. The van der Waals surface area contributed by atoms with Crippen molar-refractivity contribution in [2.45, 2.75) is 46.2 Å². The molecule has 0 saturated heterocycles. The minimum Gasteiger partial charge on any atom is -0.336 e. The van der Waals surface area contributed by atoms with Crippen LogP contribution in [0, 0.1) is 17.6 Å². The largest absolute Gasteiger partial charge is 0.336 e. The fraction of sp³-hybridized carbons (Fsp3) is 0.562. The minimum absolute atomic E-state index is 0.0698. The predicted molar refractivity (Wildman–Crippen MR) is 79.9 cm³/mol. The van der Waals surface area contributed by atoms with E-state index in [2.05, 4.69) is 19.2 Å². The van der Waals surface area contributed by atoms with E-state index in [9.17, 15) is 13.6 Å². The van der Waals surface area contributed by atoms with Gasteiger partial charge in [-0.2, -0.15) is 0 Å². The summed E-state index contributed by atoms with van der Waals surface area (Å²) in [4.78, 5) is 13.4. The van der Waals surface area contributed by atoms with Crippen molar-refractivity contribution in [3.8, 4) is 0 Å². The van der Waals surface area contributed by atoms with Crippen LogP contribution in [-0.4, -0.2) is 24.0 Å². The minimum atomic E-state index is -0.637. The zero-order chi connectivity index (χ0) is 16.0. The summed E-state index contributed by atoms with van der Waals surface area (Å²) >= 11 is 0. The van der Waals surface area contributed by atoms with Crippen LogP contribution in [-0.2, 0) is 6.54 Å². The first-order chi connectivity index (χ1) is 9.79. The molecule has 1 rings (SSSR count). The monoisotopic (exact) mass is 298 g/mol. The number of amides is 2. The fourth-order valence-electron chi connectivity index (χ4n) is 1.95. The molecule has 0 aliphatic rings. The Balaban J connectivity index is 2.50. The third kappa shape index (κ3) is 6.10. The molecule has 2 amide bonds. The number of hydrogen-bond acceptors (Lipinski definition) is 1. The summed E-state index contributed by atoms with van der Waals surface area (Å²) in [6, 6.07) is 3.19. The van der Waals surface area contributed by atoms with E-state index in [1.165, 1.54) is 17.0 Å². The number of carbonyl (C=O) groups is 1. The van der Waals surface area contributed by atoms with Gasteiger partial charge in [0.05, 0.1) is 0 Å². The highest BCUT2D eigenvalue weighted by atomic mass is 19.1. The molecule has 0 aromatic heterocycles. The maximum Gasteiger partial charge on any atom is 0.317 e. The molecule has 0 bridgehead atoms. The summed E-state index contributed by atoms with van der Waals surface area (Å²) in [5.41, 5.74) is 0.295. The number of carbonyl (C=O) groups excluding carboxylic acids is 1. The maximum absolute atomic E-state index is 13.5. The molecule has 0 spiro atoms. The highest BCUT2D eigenvalue weighted by molar-refractivity contribution is 5.74. The van der Waals surface area contributed by atoms with Crippen LogP contribution in [0.25, 0.3) is 0 Å². The van der Waals surface area contributed by atoms with E-state index in [0.717, 1.165) is 18.9 Å². The molecule has 1 N–H and O–H groups in total. The van der Waals surface area contributed by atoms with Gasteiger partial charge in [0.15, 0.2) is 0 Å². The van der Waals surface area contributed by atoms with Crippen molar-refractivity contribution in [1.29, 1.82) is 0 Å². The number of urea groups is 1. The molecule has 1 unspecified atom stereocenters. The van der Waals surface area contributed by atoms with Crippen molar-refractivity contribution in [3.05, 3.63) is 35.4 Å². The van der Waals surface area contributed by atoms with Gasteiger partial charge in [0.2, 0.25) is 0 Å². The molecule has 5 heteroatoms. The lowest BCUT2D eigenvalue weighted by molar-refractivity contribution is 0.202. The highest BCUT2D eigenvalue weighted by Crippen LogP contribution is 2.12. The van der Waals surface area contributed by atoms with Gasteiger partial charge >= 0.3 is 6.03 Å². The summed E-state index contributed by atoms with van der Waals surface area (Å²) < 4.78 is 26.4. The van der Waals surface area contributed by atoms with Gasteiger partial charge in [-0.25, -0.2) is 13.6 Å². The van der Waals surface area contributed by atoms with Gasteiger partial charge in [-0.05, 0) is 31.7 Å². The molecule has 118 valence electrons. The SMILES string of the molecule is CC(C)CCC(C)NC(=O)N(C)Cc1ccc(F)cc1F. The van der Waals surface area contributed by atoms with Crippen LogP contribution in [0.4, 0.5) is 13.6 Å². The number of nitrogens with zero attached hydrogens (tertiary/aromatic N) is 1. The van der Waals surface area contributed by atoms with E-state index in [-0.39, 0.29) is 18.6 Å². The Bertz CT molecular complexity index is 477. The van der Waals surface area contributed by atoms with E-state index >= 15 is 0 Å². The predicted octanol–water partition coefficient (Wildman–Crippen LogP) is 3.93. The van der Waals surface area contributed by atoms with Crippen molar-refractivity contribution in [3.63, 3.8) is 0 Å². The second kappa shape index (κ2) is 7.96. The number of hydrogen-bond donors (Lipinski definition) is 1. The lowest BCUT2D eigenvalue weighted by Crippen LogP contribution is -2.41. The Morgan fingerprint density at radius 1 is 1.24 bits per heavy atom. The van der Waals surface area contributed by atoms with Gasteiger partial charge in [0, 0.05) is 31.3 Å². The van der Waals surface area contributed by atoms with Gasteiger partial charge in [-0.3, -0.25) is 0 Å². The average Bonchev–Trinajstić information content (AvgIpc) is 2.39. The molecule has 0 radical (unpaired) electrons. The number of rotatable bonds is 6. The number of benzene rings is 1. The zero-order valence-corrected chi connectivity index (χ0v) is 13.1. The van der Waals surface area contributed by atoms with Gasteiger partial charge in [-0.15, -0.1) is 0 Å². The van der Waals surface area contributed by atoms with Crippen LogP contribution in [0.5, 0.6) is 0 Å². The quantitative estimate of drug-likeness (QED) is 0.848. The van der Waals surface area contributed by atoms with Crippen LogP contribution in [0.15, 0.2) is 18.2 Å². The van der Waals surface area contributed by atoms with Gasteiger partial charge < -0.3 is 10.2 Å². The van der Waals surface area contributed by atoms with Crippen LogP contribution >= 0.6 is 0 Å². The molecule has 0 aliphatic carbocycles. The summed E-state index contributed by atoms with van der Waals surface area (Å²) in [7, 11) is 1.59. The maximum atomic E-state index is 13.5. The van der Waals surface area contributed by atoms with Crippen LogP contribution in [0.2, 0.25) is 0 Å². The third-order valence-corrected chi connectivity index (χ3v) is 3.32. The Labute approximate surface area is 125 Å². The van der Waals surface area contributed by atoms with Gasteiger partial charge in [-0.1, -0.05) is 19.9 Å². The normalized spacial score (nSPS) is 12.3. The lowest BCUT2D eigenvalue weighted by atomic mass is 10.0. The van der Waals surface area contributed by atoms with E-state index in [1.54, 1.807) is 7.05 Å². The van der Waals surface area contributed by atoms with Crippen molar-refractivity contribution < 1.29 is 13.6 Å². The Morgan fingerprint density at radius 3 is 2.48 bits per heavy atom. The molecule has 0 fully saturated rings. The van der Waals surface area contributed by atoms with Crippen molar-refractivity contribution in [2.75, 3.05) is 7.05 Å². The highest BCUT2D eigenvalue weighted by Gasteiger charge is 2.14. The van der Waals surface area contributed by atoms with E-state index in [0.29, 0.717) is 11.5 Å². The lowest BCUT2D eigenvalue weighted by Gasteiger charge is -2.22. The third-order valence-electron chi connectivity index (χ3n) is 3.32. The zero-order valence-electron chi connectivity index (χ0n) is 13.1. The topological polar surface area (TPSA) is 32.3 Å². The van der Waals surface area contributed by atoms with E-state index in [1.807, 2.05) is 6.92 Å². The fourth-order valence-corrected chi connectivity index (χ4v) is 1.95. The molecule has 0 aliphatic heterocycles. The summed E-state index contributed by atoms with van der Waals surface area (Å²) in [6.07, 6.45) is 1.94. The molecular formula is C16H24F2N2O. The molecule has 21 heavy (non-hydrogen) atoms. The smallest absolute Gasteiger partial charge is 0.317 e. The van der Waals surface area contributed by atoms with Gasteiger partial charge in [0.1, 0.15) is 11.6 Å². The number of halogens is 2. The first-order valence-corrected chi connectivity index (χ1v) is 7.25. The molecular weight excluding hydrogens is 274 g/mol. The molecule has 1 atom stereocenters. The van der Waals surface area contributed by atoms with Crippen LogP contribution in [0.3, 0.4) is 0 Å². The van der Waals surface area contributed by atoms with Crippen LogP contribution in [0.1, 0.15) is 39.2 Å². The molecule has 1 aromatic rings. The average molecular weight is 298 g/mol. The summed E-state index contributed by atoms with van der Waals surface area (Å²) in [5.74, 6) is -0.663. The Hall–Kier alpha value is -1.65. The molecule has 0 saturated carbocycles. The molecule has 0 heterocycles. The Kier molecular flexibility index (Phi) is 6.59.